The molecule has 0 aliphatic carbocycles. The topological polar surface area (TPSA) is 93.8 Å². The van der Waals surface area contributed by atoms with Crippen LogP contribution in [0.1, 0.15) is 15.9 Å². The van der Waals surface area contributed by atoms with E-state index in [-0.39, 0.29) is 18.4 Å². The summed E-state index contributed by atoms with van der Waals surface area (Å²) in [5.74, 6) is 5.44. The summed E-state index contributed by atoms with van der Waals surface area (Å²) in [4.78, 5) is 15.8. The first-order valence-electron chi connectivity index (χ1n) is 5.53. The number of anilines is 1. The van der Waals surface area contributed by atoms with Gasteiger partial charge in [-0.2, -0.15) is 5.10 Å². The molecule has 0 saturated carbocycles. The van der Waals surface area contributed by atoms with Crippen molar-refractivity contribution in [2.24, 2.45) is 5.73 Å². The van der Waals surface area contributed by atoms with Gasteiger partial charge in [0.2, 0.25) is 5.95 Å². The summed E-state index contributed by atoms with van der Waals surface area (Å²) in [6, 6.07) is 6.91. The quantitative estimate of drug-likeness (QED) is 0.757. The van der Waals surface area contributed by atoms with Crippen LogP contribution in [-0.4, -0.2) is 27.6 Å². The van der Waals surface area contributed by atoms with Crippen LogP contribution < -0.4 is 11.1 Å². The van der Waals surface area contributed by atoms with Crippen LogP contribution in [0.3, 0.4) is 0 Å². The van der Waals surface area contributed by atoms with Gasteiger partial charge in [-0.1, -0.05) is 17.9 Å². The minimum absolute atomic E-state index is 0.158. The van der Waals surface area contributed by atoms with E-state index in [4.69, 9.17) is 5.73 Å². The van der Waals surface area contributed by atoms with Crippen LogP contribution in [0.4, 0.5) is 5.95 Å². The van der Waals surface area contributed by atoms with E-state index >= 15 is 0 Å². The average molecular weight is 253 g/mol. The largest absolute Gasteiger partial charge is 0.320 e. The summed E-state index contributed by atoms with van der Waals surface area (Å²) in [5, 5.41) is 9.85. The van der Waals surface area contributed by atoms with E-state index in [1.807, 2.05) is 0 Å². The predicted molar refractivity (Wildman–Crippen MR) is 70.2 cm³/mol. The van der Waals surface area contributed by atoms with Crippen molar-refractivity contribution in [2.75, 3.05) is 11.9 Å². The summed E-state index contributed by atoms with van der Waals surface area (Å²) >= 11 is 0. The van der Waals surface area contributed by atoms with Crippen molar-refractivity contribution >= 4 is 11.9 Å². The molecule has 6 heteroatoms. The minimum atomic E-state index is -0.315. The van der Waals surface area contributed by atoms with Crippen molar-refractivity contribution in [3.63, 3.8) is 0 Å². The normalized spacial score (nSPS) is 9.32. The molecule has 2 aromatic rings. The molecule has 1 amide bonds. The first-order chi connectivity index (χ1) is 9.29. The SMILES string of the molecule is NCC#Cc1cccc(C(=O)Nc2nccnn2)c1. The first kappa shape index (κ1) is 12.7. The van der Waals surface area contributed by atoms with Crippen LogP contribution in [0, 0.1) is 11.8 Å². The van der Waals surface area contributed by atoms with Crippen molar-refractivity contribution in [3.8, 4) is 11.8 Å². The number of nitrogens with two attached hydrogens (primary N) is 1. The first-order valence-corrected chi connectivity index (χ1v) is 5.53. The van der Waals surface area contributed by atoms with Crippen molar-refractivity contribution in [2.45, 2.75) is 0 Å². The Morgan fingerprint density at radius 2 is 2.26 bits per heavy atom. The number of rotatable bonds is 2. The van der Waals surface area contributed by atoms with Crippen molar-refractivity contribution < 1.29 is 4.79 Å². The number of carbonyl (C=O) groups excluding carboxylic acids is 1. The zero-order chi connectivity index (χ0) is 13.5. The van der Waals surface area contributed by atoms with E-state index in [2.05, 4.69) is 32.3 Å². The summed E-state index contributed by atoms with van der Waals surface area (Å²) in [6.45, 7) is 0.278. The molecule has 0 radical (unpaired) electrons. The van der Waals surface area contributed by atoms with Gasteiger partial charge in [0.1, 0.15) is 0 Å². The summed E-state index contributed by atoms with van der Waals surface area (Å²) in [5.41, 5.74) is 6.50. The van der Waals surface area contributed by atoms with Crippen LogP contribution in [0.25, 0.3) is 0 Å². The Balaban J connectivity index is 2.15. The van der Waals surface area contributed by atoms with Gasteiger partial charge in [0, 0.05) is 11.1 Å². The van der Waals surface area contributed by atoms with Crippen molar-refractivity contribution in [1.29, 1.82) is 0 Å². The highest BCUT2D eigenvalue weighted by molar-refractivity contribution is 6.03. The molecule has 3 N–H and O–H groups in total. The van der Waals surface area contributed by atoms with Gasteiger partial charge in [0.15, 0.2) is 0 Å². The molecule has 0 fully saturated rings. The van der Waals surface area contributed by atoms with Gasteiger partial charge in [-0.25, -0.2) is 4.98 Å². The summed E-state index contributed by atoms with van der Waals surface area (Å²) in [7, 11) is 0. The molecule has 0 aliphatic heterocycles. The molecule has 2 rings (SSSR count). The lowest BCUT2D eigenvalue weighted by Crippen LogP contribution is -2.14. The lowest BCUT2D eigenvalue weighted by molar-refractivity contribution is 0.102. The maximum absolute atomic E-state index is 11.9. The van der Waals surface area contributed by atoms with Crippen LogP contribution in [0.5, 0.6) is 0 Å². The Kier molecular flexibility index (Phi) is 4.16. The Hall–Kier alpha value is -2.78. The van der Waals surface area contributed by atoms with Crippen LogP contribution >= 0.6 is 0 Å². The third-order valence-electron chi connectivity index (χ3n) is 2.17. The lowest BCUT2D eigenvalue weighted by Gasteiger charge is -2.02. The van der Waals surface area contributed by atoms with Gasteiger partial charge >= 0.3 is 0 Å². The van der Waals surface area contributed by atoms with Gasteiger partial charge in [0.25, 0.3) is 5.91 Å². The summed E-state index contributed by atoms with van der Waals surface area (Å²) in [6.07, 6.45) is 2.88. The molecule has 0 atom stereocenters. The fourth-order valence-electron chi connectivity index (χ4n) is 1.37. The predicted octanol–water partition coefficient (Wildman–Crippen LogP) is 0.434. The van der Waals surface area contributed by atoms with Gasteiger partial charge in [0.05, 0.1) is 18.9 Å². The number of amides is 1. The highest BCUT2D eigenvalue weighted by atomic mass is 16.1. The van der Waals surface area contributed by atoms with Gasteiger partial charge in [-0.15, -0.1) is 5.10 Å². The maximum Gasteiger partial charge on any atom is 0.258 e. The molecule has 19 heavy (non-hydrogen) atoms. The Morgan fingerprint density at radius 1 is 1.37 bits per heavy atom. The molecule has 1 aromatic carbocycles. The van der Waals surface area contributed by atoms with E-state index in [1.54, 1.807) is 24.3 Å². The maximum atomic E-state index is 11.9. The number of aromatic nitrogens is 3. The second kappa shape index (κ2) is 6.23. The van der Waals surface area contributed by atoms with Crippen LogP contribution in [0.2, 0.25) is 0 Å². The third-order valence-corrected chi connectivity index (χ3v) is 2.17. The highest BCUT2D eigenvalue weighted by Crippen LogP contribution is 2.06. The second-order valence-electron chi connectivity index (χ2n) is 3.51. The molecular formula is C13H11N5O. The third kappa shape index (κ3) is 3.59. The van der Waals surface area contributed by atoms with Gasteiger partial charge in [-0.05, 0) is 18.2 Å². The molecular weight excluding hydrogens is 242 g/mol. The number of nitrogens with one attached hydrogen (secondary N) is 1. The number of hydrogen-bond donors (Lipinski definition) is 2. The Labute approximate surface area is 110 Å². The number of hydrogen-bond acceptors (Lipinski definition) is 5. The van der Waals surface area contributed by atoms with E-state index < -0.39 is 0 Å². The van der Waals surface area contributed by atoms with E-state index in [1.165, 1.54) is 12.4 Å². The number of carbonyl (C=O) groups is 1. The molecule has 0 saturated heterocycles. The van der Waals surface area contributed by atoms with Crippen LogP contribution in [0.15, 0.2) is 36.7 Å². The monoisotopic (exact) mass is 253 g/mol. The van der Waals surface area contributed by atoms with Crippen molar-refractivity contribution in [3.05, 3.63) is 47.8 Å². The van der Waals surface area contributed by atoms with E-state index in [0.717, 1.165) is 5.56 Å². The molecule has 0 aliphatic rings. The van der Waals surface area contributed by atoms with E-state index in [0.29, 0.717) is 5.56 Å². The molecule has 0 bridgehead atoms. The van der Waals surface area contributed by atoms with Crippen LogP contribution in [-0.2, 0) is 0 Å². The molecule has 1 heterocycles. The van der Waals surface area contributed by atoms with E-state index in [9.17, 15) is 4.79 Å². The molecule has 0 spiro atoms. The number of nitrogens with zero attached hydrogens (tertiary/aromatic N) is 3. The zero-order valence-corrected chi connectivity index (χ0v) is 10.00. The molecule has 6 nitrogen and oxygen atoms in total. The number of benzene rings is 1. The average Bonchev–Trinajstić information content (AvgIpc) is 2.46. The molecule has 1 aromatic heterocycles. The standard InChI is InChI=1S/C13H11N5O/c14-6-2-4-10-3-1-5-11(9-10)12(19)17-13-15-7-8-16-18-13/h1,3,5,7-9H,6,14H2,(H,15,17,18,19). The second-order valence-corrected chi connectivity index (χ2v) is 3.51. The van der Waals surface area contributed by atoms with Crippen molar-refractivity contribution in [1.82, 2.24) is 15.2 Å². The fraction of sp³-hybridized carbons (Fsp3) is 0.0769. The molecule has 0 unspecified atom stereocenters. The summed E-state index contributed by atoms with van der Waals surface area (Å²) < 4.78 is 0. The van der Waals surface area contributed by atoms with Gasteiger partial charge in [-0.3, -0.25) is 10.1 Å². The van der Waals surface area contributed by atoms with Gasteiger partial charge < -0.3 is 5.73 Å². The minimum Gasteiger partial charge on any atom is -0.320 e. The smallest absolute Gasteiger partial charge is 0.258 e. The molecule has 94 valence electrons. The Morgan fingerprint density at radius 3 is 3.00 bits per heavy atom. The Bertz CT molecular complexity index is 630. The highest BCUT2D eigenvalue weighted by Gasteiger charge is 2.07. The fourth-order valence-corrected chi connectivity index (χ4v) is 1.37. The zero-order valence-electron chi connectivity index (χ0n) is 10.00. The lowest BCUT2D eigenvalue weighted by atomic mass is 10.1.